The van der Waals surface area contributed by atoms with Gasteiger partial charge in [0.1, 0.15) is 4.83 Å². The fourth-order valence-electron chi connectivity index (χ4n) is 4.17. The normalized spacial score (nSPS) is 20.5. The third-order valence-corrected chi connectivity index (χ3v) is 8.55. The van der Waals surface area contributed by atoms with Crippen molar-refractivity contribution >= 4 is 43.2 Å². The topological polar surface area (TPSA) is 84.3 Å². The number of nitrogens with zero attached hydrogens (tertiary/aromatic N) is 3. The van der Waals surface area contributed by atoms with Crippen LogP contribution in [0.2, 0.25) is 0 Å². The van der Waals surface area contributed by atoms with Crippen molar-refractivity contribution in [2.24, 2.45) is 18.9 Å². The first kappa shape index (κ1) is 21.0. The summed E-state index contributed by atoms with van der Waals surface area (Å²) >= 11 is 1.38. The largest absolute Gasteiger partial charge is 0.321 e. The van der Waals surface area contributed by atoms with Crippen LogP contribution < -0.4 is 5.32 Å². The van der Waals surface area contributed by atoms with E-state index in [0.717, 1.165) is 22.3 Å². The first-order chi connectivity index (χ1) is 14.1. The Hall–Kier alpha value is -2.23. The maximum Gasteiger partial charge on any atom is 0.265 e. The molecule has 0 bridgehead atoms. The molecule has 2 aromatic heterocycles. The molecule has 0 radical (unpaired) electrons. The molecule has 0 spiro atoms. The molecule has 9 heteroatoms. The van der Waals surface area contributed by atoms with E-state index in [1.807, 2.05) is 20.0 Å². The highest BCUT2D eigenvalue weighted by Gasteiger charge is 2.31. The van der Waals surface area contributed by atoms with Gasteiger partial charge in [0.2, 0.25) is 10.0 Å². The summed E-state index contributed by atoms with van der Waals surface area (Å²) in [6.45, 7) is 7.18. The third kappa shape index (κ3) is 3.89. The Morgan fingerprint density at radius 3 is 2.40 bits per heavy atom. The van der Waals surface area contributed by atoms with Gasteiger partial charge >= 0.3 is 0 Å². The Bertz CT molecular complexity index is 1150. The summed E-state index contributed by atoms with van der Waals surface area (Å²) in [5, 5.41) is 8.17. The summed E-state index contributed by atoms with van der Waals surface area (Å²) in [6, 6.07) is 8.25. The van der Waals surface area contributed by atoms with E-state index >= 15 is 0 Å². The molecule has 1 aromatic carbocycles. The molecule has 1 N–H and O–H groups in total. The van der Waals surface area contributed by atoms with Gasteiger partial charge in [-0.25, -0.2) is 8.42 Å². The lowest BCUT2D eigenvalue weighted by Crippen LogP contribution is -2.42. The van der Waals surface area contributed by atoms with Gasteiger partial charge in [-0.05, 0) is 55.5 Å². The zero-order valence-electron chi connectivity index (χ0n) is 17.5. The van der Waals surface area contributed by atoms with Crippen molar-refractivity contribution in [1.29, 1.82) is 0 Å². The molecule has 3 aromatic rings. The Morgan fingerprint density at radius 1 is 1.17 bits per heavy atom. The summed E-state index contributed by atoms with van der Waals surface area (Å²) in [7, 11) is -1.67. The summed E-state index contributed by atoms with van der Waals surface area (Å²) in [4.78, 5) is 14.4. The number of thiophene rings is 1. The molecule has 2 atom stereocenters. The molecule has 30 heavy (non-hydrogen) atoms. The second kappa shape index (κ2) is 7.79. The number of amides is 1. The van der Waals surface area contributed by atoms with Crippen LogP contribution in [0.25, 0.3) is 10.2 Å². The predicted octanol–water partition coefficient (Wildman–Crippen LogP) is 3.86. The molecular weight excluding hydrogens is 420 g/mol. The maximum absolute atomic E-state index is 13.0. The number of carbonyl (C=O) groups excluding carboxylic acids is 1. The van der Waals surface area contributed by atoms with Crippen LogP contribution in [0.1, 0.15) is 35.6 Å². The second-order valence-electron chi connectivity index (χ2n) is 8.29. The van der Waals surface area contributed by atoms with Crippen molar-refractivity contribution in [3.8, 4) is 0 Å². The molecule has 7 nitrogen and oxygen atoms in total. The molecule has 3 heterocycles. The summed E-state index contributed by atoms with van der Waals surface area (Å²) < 4.78 is 29.3. The minimum Gasteiger partial charge on any atom is -0.321 e. The van der Waals surface area contributed by atoms with E-state index in [1.54, 1.807) is 33.3 Å². The highest BCUT2D eigenvalue weighted by atomic mass is 32.2. The van der Waals surface area contributed by atoms with Crippen molar-refractivity contribution in [2.75, 3.05) is 18.4 Å². The SMILES string of the molecule is Cc1nn(C)c2sc(C(=O)Nc3ccc(S(=O)(=O)N4CC(C)CC(C)C4)cc3)cc12. The van der Waals surface area contributed by atoms with E-state index in [4.69, 9.17) is 0 Å². The molecule has 1 aliphatic heterocycles. The van der Waals surface area contributed by atoms with Gasteiger partial charge in [0.05, 0.1) is 15.5 Å². The van der Waals surface area contributed by atoms with Gasteiger partial charge in [0.15, 0.2) is 0 Å². The first-order valence-electron chi connectivity index (χ1n) is 10.00. The number of nitrogens with one attached hydrogen (secondary N) is 1. The number of sulfonamides is 1. The summed E-state index contributed by atoms with van der Waals surface area (Å²) in [5.41, 5.74) is 1.45. The van der Waals surface area contributed by atoms with E-state index < -0.39 is 10.0 Å². The zero-order valence-corrected chi connectivity index (χ0v) is 19.2. The molecule has 1 saturated heterocycles. The highest BCUT2D eigenvalue weighted by Crippen LogP contribution is 2.29. The van der Waals surface area contributed by atoms with Gasteiger partial charge < -0.3 is 5.32 Å². The second-order valence-corrected chi connectivity index (χ2v) is 11.3. The number of fused-ring (bicyclic) bond motifs is 1. The Labute approximate surface area is 180 Å². The van der Waals surface area contributed by atoms with Crippen LogP contribution in [0.4, 0.5) is 5.69 Å². The molecule has 160 valence electrons. The minimum absolute atomic E-state index is 0.218. The van der Waals surface area contributed by atoms with Crippen molar-refractivity contribution in [3.63, 3.8) is 0 Å². The van der Waals surface area contributed by atoms with Crippen LogP contribution in [0.15, 0.2) is 35.2 Å². The lowest BCUT2D eigenvalue weighted by atomic mass is 9.94. The quantitative estimate of drug-likeness (QED) is 0.659. The summed E-state index contributed by atoms with van der Waals surface area (Å²) in [6.07, 6.45) is 1.05. The van der Waals surface area contributed by atoms with Crippen LogP contribution in [-0.4, -0.2) is 41.5 Å². The van der Waals surface area contributed by atoms with Crippen LogP contribution in [0, 0.1) is 18.8 Å². The highest BCUT2D eigenvalue weighted by molar-refractivity contribution is 7.89. The van der Waals surface area contributed by atoms with Crippen molar-refractivity contribution in [3.05, 3.63) is 40.9 Å². The van der Waals surface area contributed by atoms with Crippen molar-refractivity contribution in [2.45, 2.75) is 32.1 Å². The van der Waals surface area contributed by atoms with E-state index in [2.05, 4.69) is 24.3 Å². The zero-order chi connectivity index (χ0) is 21.6. The molecule has 1 amide bonds. The number of aryl methyl sites for hydroxylation is 2. The monoisotopic (exact) mass is 446 g/mol. The number of hydrogen-bond donors (Lipinski definition) is 1. The van der Waals surface area contributed by atoms with Crippen molar-refractivity contribution in [1.82, 2.24) is 14.1 Å². The fourth-order valence-corrected chi connectivity index (χ4v) is 6.87. The maximum atomic E-state index is 13.0. The van der Waals surface area contributed by atoms with E-state index in [1.165, 1.54) is 11.3 Å². The summed E-state index contributed by atoms with van der Waals surface area (Å²) in [5.74, 6) is 0.481. The number of hydrogen-bond acceptors (Lipinski definition) is 5. The smallest absolute Gasteiger partial charge is 0.265 e. The average Bonchev–Trinajstić information content (AvgIpc) is 3.23. The molecule has 0 aliphatic carbocycles. The number of rotatable bonds is 4. The number of benzene rings is 1. The molecular formula is C21H26N4O3S2. The predicted molar refractivity (Wildman–Crippen MR) is 119 cm³/mol. The van der Waals surface area contributed by atoms with E-state index in [9.17, 15) is 13.2 Å². The van der Waals surface area contributed by atoms with Gasteiger partial charge in [-0.2, -0.15) is 9.40 Å². The van der Waals surface area contributed by atoms with Crippen LogP contribution in [0.3, 0.4) is 0 Å². The number of carbonyl (C=O) groups is 1. The Kier molecular flexibility index (Phi) is 5.46. The lowest BCUT2D eigenvalue weighted by Gasteiger charge is -2.34. The number of anilines is 1. The average molecular weight is 447 g/mol. The van der Waals surface area contributed by atoms with Gasteiger partial charge in [-0.3, -0.25) is 9.48 Å². The van der Waals surface area contributed by atoms with E-state index in [0.29, 0.717) is 35.5 Å². The standard InChI is InChI=1S/C21H26N4O3S2/c1-13-9-14(2)12-25(11-13)30(27,28)17-7-5-16(6-8-17)22-20(26)19-10-18-15(3)23-24(4)21(18)29-19/h5-8,10,13-14H,9,11-12H2,1-4H3,(H,22,26). The molecule has 1 aliphatic rings. The number of piperidine rings is 1. The molecule has 0 saturated carbocycles. The number of aromatic nitrogens is 2. The molecule has 1 fully saturated rings. The van der Waals surface area contributed by atoms with Crippen LogP contribution >= 0.6 is 11.3 Å². The Balaban J connectivity index is 1.50. The van der Waals surface area contributed by atoms with Crippen molar-refractivity contribution < 1.29 is 13.2 Å². The first-order valence-corrected chi connectivity index (χ1v) is 12.3. The van der Waals surface area contributed by atoms with Gasteiger partial charge in [-0.1, -0.05) is 13.8 Å². The van der Waals surface area contributed by atoms with Gasteiger partial charge in [0, 0.05) is 31.2 Å². The van der Waals surface area contributed by atoms with Gasteiger partial charge in [0.25, 0.3) is 5.91 Å². The van der Waals surface area contributed by atoms with Crippen LogP contribution in [0.5, 0.6) is 0 Å². The van der Waals surface area contributed by atoms with Gasteiger partial charge in [-0.15, -0.1) is 11.3 Å². The fraction of sp³-hybridized carbons (Fsp3) is 0.429. The Morgan fingerprint density at radius 2 is 1.80 bits per heavy atom. The molecule has 2 unspecified atom stereocenters. The molecule has 4 rings (SSSR count). The van der Waals surface area contributed by atoms with E-state index in [-0.39, 0.29) is 10.8 Å². The van der Waals surface area contributed by atoms with Crippen LogP contribution in [-0.2, 0) is 17.1 Å². The lowest BCUT2D eigenvalue weighted by molar-refractivity contribution is 0.103. The third-order valence-electron chi connectivity index (χ3n) is 5.51. The minimum atomic E-state index is -3.53.